The highest BCUT2D eigenvalue weighted by Gasteiger charge is 2.20. The van der Waals surface area contributed by atoms with Crippen LogP contribution in [0.25, 0.3) is 27.8 Å². The number of anilines is 3. The monoisotopic (exact) mass is 530 g/mol. The quantitative estimate of drug-likeness (QED) is 0.334. The number of aryl methyl sites for hydroxylation is 2. The Morgan fingerprint density at radius 1 is 1.03 bits per heavy atom. The molecule has 0 atom stereocenters. The fourth-order valence-electron chi connectivity index (χ4n) is 4.64. The first kappa shape index (κ1) is 22.1. The number of likely N-dealkylation sites (N-methyl/N-ethyl adjacent to an activating group) is 1. The van der Waals surface area contributed by atoms with E-state index in [0.29, 0.717) is 0 Å². The van der Waals surface area contributed by atoms with E-state index in [2.05, 4.69) is 96.1 Å². The van der Waals surface area contributed by atoms with Crippen molar-refractivity contribution in [3.05, 3.63) is 64.5 Å². The molecule has 1 aliphatic rings. The summed E-state index contributed by atoms with van der Waals surface area (Å²) in [6.07, 6.45) is 3.98. The standard InChI is InChI=1S/C26H27BrN8/c1-16-12-19(27)5-7-21(16)29-26-25(18-4-6-22-20(13-18)17(2)31-32-22)30-23-14-28-24(15-35(23)26)34-10-8-33(3)9-11-34/h4-7,12-15,29H,8-11H2,1-3H3,(H,31,32). The Labute approximate surface area is 212 Å². The lowest BCUT2D eigenvalue weighted by Crippen LogP contribution is -2.44. The zero-order valence-corrected chi connectivity index (χ0v) is 21.6. The van der Waals surface area contributed by atoms with Gasteiger partial charge < -0.3 is 15.1 Å². The molecule has 0 bridgehead atoms. The second-order valence-electron chi connectivity index (χ2n) is 9.24. The van der Waals surface area contributed by atoms with Gasteiger partial charge in [-0.2, -0.15) is 5.10 Å². The van der Waals surface area contributed by atoms with Crippen molar-refractivity contribution in [1.82, 2.24) is 29.5 Å². The van der Waals surface area contributed by atoms with Crippen molar-refractivity contribution >= 4 is 49.8 Å². The number of aromatic nitrogens is 5. The molecule has 0 spiro atoms. The summed E-state index contributed by atoms with van der Waals surface area (Å²) in [6.45, 7) is 8.13. The minimum atomic E-state index is 0.805. The van der Waals surface area contributed by atoms with E-state index in [1.807, 2.05) is 19.2 Å². The Bertz CT molecular complexity index is 1540. The summed E-state index contributed by atoms with van der Waals surface area (Å²) in [5.41, 5.74) is 6.90. The summed E-state index contributed by atoms with van der Waals surface area (Å²) >= 11 is 3.58. The summed E-state index contributed by atoms with van der Waals surface area (Å²) in [7, 11) is 2.16. The van der Waals surface area contributed by atoms with Crippen molar-refractivity contribution < 1.29 is 0 Å². The maximum Gasteiger partial charge on any atom is 0.157 e. The smallest absolute Gasteiger partial charge is 0.157 e. The summed E-state index contributed by atoms with van der Waals surface area (Å²) in [4.78, 5) is 14.5. The number of halogens is 1. The minimum Gasteiger partial charge on any atom is -0.353 e. The predicted octanol–water partition coefficient (Wildman–Crippen LogP) is 5.15. The molecule has 4 heterocycles. The molecule has 0 unspecified atom stereocenters. The maximum atomic E-state index is 5.02. The molecule has 0 saturated carbocycles. The van der Waals surface area contributed by atoms with Crippen LogP contribution in [0.3, 0.4) is 0 Å². The number of hydrogen-bond acceptors (Lipinski definition) is 6. The topological polar surface area (TPSA) is 77.4 Å². The van der Waals surface area contributed by atoms with Crippen LogP contribution >= 0.6 is 15.9 Å². The van der Waals surface area contributed by atoms with Crippen molar-refractivity contribution in [3.63, 3.8) is 0 Å². The summed E-state index contributed by atoms with van der Waals surface area (Å²) < 4.78 is 3.19. The fraction of sp³-hybridized carbons (Fsp3) is 0.269. The zero-order chi connectivity index (χ0) is 24.1. The van der Waals surface area contributed by atoms with E-state index in [0.717, 1.165) is 87.0 Å². The van der Waals surface area contributed by atoms with Crippen LogP contribution in [-0.2, 0) is 0 Å². The summed E-state index contributed by atoms with van der Waals surface area (Å²) in [6, 6.07) is 12.5. The summed E-state index contributed by atoms with van der Waals surface area (Å²) in [5.74, 6) is 1.88. The molecule has 5 aromatic rings. The molecule has 1 aliphatic heterocycles. The molecule has 178 valence electrons. The number of aromatic amines is 1. The van der Waals surface area contributed by atoms with Gasteiger partial charge in [0.15, 0.2) is 5.65 Å². The maximum absolute atomic E-state index is 5.02. The van der Waals surface area contributed by atoms with E-state index >= 15 is 0 Å². The molecule has 1 saturated heterocycles. The van der Waals surface area contributed by atoms with Crippen LogP contribution in [0, 0.1) is 13.8 Å². The van der Waals surface area contributed by atoms with Gasteiger partial charge >= 0.3 is 0 Å². The van der Waals surface area contributed by atoms with Crippen LogP contribution in [0.15, 0.2) is 53.3 Å². The van der Waals surface area contributed by atoms with Crippen molar-refractivity contribution in [2.75, 3.05) is 43.4 Å². The number of hydrogen-bond donors (Lipinski definition) is 2. The number of rotatable bonds is 4. The van der Waals surface area contributed by atoms with Gasteiger partial charge in [0.05, 0.1) is 17.9 Å². The van der Waals surface area contributed by atoms with Crippen molar-refractivity contribution in [1.29, 1.82) is 0 Å². The Morgan fingerprint density at radius 2 is 1.86 bits per heavy atom. The molecule has 35 heavy (non-hydrogen) atoms. The number of H-pyrrole nitrogens is 1. The van der Waals surface area contributed by atoms with E-state index in [-0.39, 0.29) is 0 Å². The van der Waals surface area contributed by atoms with Gasteiger partial charge in [-0.1, -0.05) is 22.0 Å². The van der Waals surface area contributed by atoms with Gasteiger partial charge in [-0.25, -0.2) is 9.97 Å². The lowest BCUT2D eigenvalue weighted by atomic mass is 10.1. The largest absolute Gasteiger partial charge is 0.353 e. The van der Waals surface area contributed by atoms with Crippen LogP contribution in [0.1, 0.15) is 11.3 Å². The van der Waals surface area contributed by atoms with Crippen molar-refractivity contribution in [2.45, 2.75) is 13.8 Å². The van der Waals surface area contributed by atoms with Gasteiger partial charge in [0.1, 0.15) is 17.3 Å². The molecule has 9 heteroatoms. The van der Waals surface area contributed by atoms with Crippen LogP contribution in [0.5, 0.6) is 0 Å². The third kappa shape index (κ3) is 4.04. The van der Waals surface area contributed by atoms with Gasteiger partial charge in [0, 0.05) is 53.0 Å². The fourth-order valence-corrected chi connectivity index (χ4v) is 5.12. The van der Waals surface area contributed by atoms with Crippen molar-refractivity contribution in [2.24, 2.45) is 0 Å². The Kier molecular flexibility index (Phi) is 5.46. The van der Waals surface area contributed by atoms with E-state index in [9.17, 15) is 0 Å². The number of nitrogens with zero attached hydrogens (tertiary/aromatic N) is 6. The Balaban J connectivity index is 1.51. The molecule has 6 rings (SSSR count). The number of piperazine rings is 1. The molecule has 3 aromatic heterocycles. The highest BCUT2D eigenvalue weighted by atomic mass is 79.9. The molecule has 0 amide bonds. The molecule has 0 radical (unpaired) electrons. The van der Waals surface area contributed by atoms with Crippen LogP contribution in [-0.4, -0.2) is 62.7 Å². The predicted molar refractivity (Wildman–Crippen MR) is 145 cm³/mol. The normalized spacial score (nSPS) is 14.8. The van der Waals surface area contributed by atoms with Crippen LogP contribution in [0.4, 0.5) is 17.3 Å². The van der Waals surface area contributed by atoms with E-state index < -0.39 is 0 Å². The van der Waals surface area contributed by atoms with Gasteiger partial charge in [-0.05, 0) is 56.8 Å². The number of fused-ring (bicyclic) bond motifs is 2. The van der Waals surface area contributed by atoms with Crippen LogP contribution < -0.4 is 10.2 Å². The number of benzene rings is 2. The Hall–Kier alpha value is -3.43. The average molecular weight is 531 g/mol. The first-order valence-corrected chi connectivity index (χ1v) is 12.6. The number of imidazole rings is 1. The van der Waals surface area contributed by atoms with Gasteiger partial charge in [-0.15, -0.1) is 0 Å². The third-order valence-electron chi connectivity index (χ3n) is 6.78. The lowest BCUT2D eigenvalue weighted by Gasteiger charge is -2.33. The highest BCUT2D eigenvalue weighted by Crippen LogP contribution is 2.35. The molecular formula is C26H27BrN8. The first-order chi connectivity index (χ1) is 17.0. The Morgan fingerprint density at radius 3 is 2.66 bits per heavy atom. The highest BCUT2D eigenvalue weighted by molar-refractivity contribution is 9.10. The second kappa shape index (κ2) is 8.66. The van der Waals surface area contributed by atoms with E-state index in [1.165, 1.54) is 0 Å². The molecule has 2 N–H and O–H groups in total. The van der Waals surface area contributed by atoms with Crippen LogP contribution in [0.2, 0.25) is 0 Å². The first-order valence-electron chi connectivity index (χ1n) is 11.8. The second-order valence-corrected chi connectivity index (χ2v) is 10.2. The van der Waals surface area contributed by atoms with Crippen molar-refractivity contribution in [3.8, 4) is 11.3 Å². The molecule has 8 nitrogen and oxygen atoms in total. The average Bonchev–Trinajstić information content (AvgIpc) is 3.41. The zero-order valence-electron chi connectivity index (χ0n) is 20.0. The van der Waals surface area contributed by atoms with Gasteiger partial charge in [-0.3, -0.25) is 9.50 Å². The molecule has 1 fully saturated rings. The number of nitrogens with one attached hydrogen (secondary N) is 2. The van der Waals surface area contributed by atoms with Gasteiger partial charge in [0.25, 0.3) is 0 Å². The third-order valence-corrected chi connectivity index (χ3v) is 7.28. The molecule has 0 aliphatic carbocycles. The lowest BCUT2D eigenvalue weighted by molar-refractivity contribution is 0.312. The molecular weight excluding hydrogens is 504 g/mol. The van der Waals surface area contributed by atoms with Gasteiger partial charge in [0.2, 0.25) is 0 Å². The van der Waals surface area contributed by atoms with E-state index in [1.54, 1.807) is 0 Å². The SMILES string of the molecule is Cc1cc(Br)ccc1Nc1c(-c2ccc3n[nH]c(C)c3c2)nc2cnc(N3CCN(C)CC3)cn12. The minimum absolute atomic E-state index is 0.805. The summed E-state index contributed by atoms with van der Waals surface area (Å²) in [5, 5.41) is 12.2. The van der Waals surface area contributed by atoms with E-state index in [4.69, 9.17) is 9.97 Å². The molecule has 2 aromatic carbocycles.